The fourth-order valence-electron chi connectivity index (χ4n) is 1.98. The Bertz CT molecular complexity index is 590. The number of rotatable bonds is 1. The highest BCUT2D eigenvalue weighted by Crippen LogP contribution is 2.24. The van der Waals surface area contributed by atoms with E-state index in [1.807, 2.05) is 0 Å². The average molecular weight is 243 g/mol. The van der Waals surface area contributed by atoms with Gasteiger partial charge in [0.1, 0.15) is 0 Å². The van der Waals surface area contributed by atoms with Crippen LogP contribution in [-0.2, 0) is 14.4 Å². The van der Waals surface area contributed by atoms with Crippen LogP contribution < -0.4 is 5.32 Å². The second-order valence-electron chi connectivity index (χ2n) is 4.05. The first-order valence-electron chi connectivity index (χ1n) is 5.52. The zero-order valence-electron chi connectivity index (χ0n) is 9.34. The molecule has 0 aliphatic carbocycles. The van der Waals surface area contributed by atoms with Crippen LogP contribution in [0.4, 0.5) is 5.69 Å². The average Bonchev–Trinajstić information content (AvgIpc) is 2.84. The van der Waals surface area contributed by atoms with Gasteiger partial charge in [-0.1, -0.05) is 18.2 Å². The molecule has 2 heterocycles. The van der Waals surface area contributed by atoms with Crippen molar-refractivity contribution in [3.63, 3.8) is 0 Å². The molecule has 1 saturated heterocycles. The van der Waals surface area contributed by atoms with E-state index in [1.54, 1.807) is 24.3 Å². The Morgan fingerprint density at radius 3 is 2.44 bits per heavy atom. The van der Waals surface area contributed by atoms with Crippen molar-refractivity contribution < 1.29 is 14.4 Å². The van der Waals surface area contributed by atoms with E-state index < -0.39 is 5.91 Å². The number of amides is 3. The van der Waals surface area contributed by atoms with Crippen molar-refractivity contribution in [1.82, 2.24) is 5.01 Å². The van der Waals surface area contributed by atoms with Crippen LogP contribution in [0.2, 0.25) is 0 Å². The third kappa shape index (κ3) is 1.50. The molecule has 18 heavy (non-hydrogen) atoms. The van der Waals surface area contributed by atoms with Crippen LogP contribution in [0.3, 0.4) is 0 Å². The van der Waals surface area contributed by atoms with Gasteiger partial charge in [0.05, 0.1) is 5.69 Å². The summed E-state index contributed by atoms with van der Waals surface area (Å²) in [5, 5.41) is 7.32. The lowest BCUT2D eigenvalue weighted by molar-refractivity contribution is -0.138. The molecule has 1 aromatic carbocycles. The predicted octanol–water partition coefficient (Wildman–Crippen LogP) is 0.492. The number of anilines is 1. The van der Waals surface area contributed by atoms with E-state index in [2.05, 4.69) is 10.4 Å². The maximum atomic E-state index is 11.7. The number of hydrogen-bond acceptors (Lipinski definition) is 4. The standard InChI is InChI=1S/C12H9N3O3/c16-9-5-6-10(17)15(9)14-11-7-3-1-2-4-8(7)13-12(11)18/h1-4H,5-6H2,(H,13,14,18). The fourth-order valence-corrected chi connectivity index (χ4v) is 1.98. The molecule has 6 nitrogen and oxygen atoms in total. The first-order chi connectivity index (χ1) is 8.66. The van der Waals surface area contributed by atoms with Gasteiger partial charge in [0.15, 0.2) is 5.71 Å². The molecule has 2 aliphatic heterocycles. The van der Waals surface area contributed by atoms with Crippen LogP contribution in [0.1, 0.15) is 18.4 Å². The Morgan fingerprint density at radius 2 is 1.72 bits per heavy atom. The lowest BCUT2D eigenvalue weighted by atomic mass is 10.1. The SMILES string of the molecule is O=C1Nc2ccccc2/C1=N\N1C(=O)CCC1=O. The maximum Gasteiger partial charge on any atom is 0.276 e. The van der Waals surface area contributed by atoms with Gasteiger partial charge in [-0.15, -0.1) is 0 Å². The van der Waals surface area contributed by atoms with E-state index in [4.69, 9.17) is 0 Å². The first kappa shape index (κ1) is 10.6. The molecule has 1 N–H and O–H groups in total. The van der Waals surface area contributed by atoms with Crippen molar-refractivity contribution in [2.24, 2.45) is 5.10 Å². The number of nitrogens with zero attached hydrogens (tertiary/aromatic N) is 2. The number of nitrogens with one attached hydrogen (secondary N) is 1. The van der Waals surface area contributed by atoms with E-state index in [1.165, 1.54) is 0 Å². The van der Waals surface area contributed by atoms with E-state index in [9.17, 15) is 14.4 Å². The summed E-state index contributed by atoms with van der Waals surface area (Å²) in [6.07, 6.45) is 0.303. The van der Waals surface area contributed by atoms with Gasteiger partial charge in [0, 0.05) is 18.4 Å². The van der Waals surface area contributed by atoms with E-state index in [-0.39, 0.29) is 30.4 Å². The minimum Gasteiger partial charge on any atom is -0.320 e. The number of benzene rings is 1. The van der Waals surface area contributed by atoms with Crippen molar-refractivity contribution in [2.45, 2.75) is 12.8 Å². The van der Waals surface area contributed by atoms with Gasteiger partial charge in [-0.25, -0.2) is 0 Å². The molecule has 3 rings (SSSR count). The van der Waals surface area contributed by atoms with Crippen LogP contribution in [0, 0.1) is 0 Å². The molecule has 0 atom stereocenters. The van der Waals surface area contributed by atoms with E-state index in [0.29, 0.717) is 11.3 Å². The summed E-state index contributed by atoms with van der Waals surface area (Å²) in [5.74, 6) is -1.14. The highest BCUT2D eigenvalue weighted by Gasteiger charge is 2.33. The summed E-state index contributed by atoms with van der Waals surface area (Å²) in [6, 6.07) is 7.01. The Kier molecular flexibility index (Phi) is 2.22. The summed E-state index contributed by atoms with van der Waals surface area (Å²) < 4.78 is 0. The largest absolute Gasteiger partial charge is 0.320 e. The molecule has 0 aromatic heterocycles. The van der Waals surface area contributed by atoms with Crippen molar-refractivity contribution in [3.05, 3.63) is 29.8 Å². The molecule has 90 valence electrons. The molecule has 0 saturated carbocycles. The quantitative estimate of drug-likeness (QED) is 0.729. The smallest absolute Gasteiger partial charge is 0.276 e. The molecule has 3 amide bonds. The van der Waals surface area contributed by atoms with Gasteiger partial charge < -0.3 is 5.32 Å². The van der Waals surface area contributed by atoms with E-state index in [0.717, 1.165) is 5.01 Å². The summed E-state index contributed by atoms with van der Waals surface area (Å²) in [4.78, 5) is 34.7. The van der Waals surface area contributed by atoms with Crippen LogP contribution in [-0.4, -0.2) is 28.4 Å². The zero-order chi connectivity index (χ0) is 12.7. The number of para-hydroxylation sites is 1. The number of fused-ring (bicyclic) bond motifs is 1. The highest BCUT2D eigenvalue weighted by molar-refractivity contribution is 6.53. The molecule has 1 aromatic rings. The van der Waals surface area contributed by atoms with Crippen LogP contribution >= 0.6 is 0 Å². The van der Waals surface area contributed by atoms with Crippen molar-refractivity contribution in [2.75, 3.05) is 5.32 Å². The van der Waals surface area contributed by atoms with Gasteiger partial charge in [-0.05, 0) is 6.07 Å². The Morgan fingerprint density at radius 1 is 1.06 bits per heavy atom. The topological polar surface area (TPSA) is 78.8 Å². The highest BCUT2D eigenvalue weighted by atomic mass is 16.2. The third-order valence-electron chi connectivity index (χ3n) is 2.87. The second kappa shape index (κ2) is 3.76. The summed E-state index contributed by atoms with van der Waals surface area (Å²) in [7, 11) is 0. The normalized spacial score (nSPS) is 20.6. The Hall–Kier alpha value is -2.50. The molecule has 1 fully saturated rings. The van der Waals surface area contributed by atoms with Crippen molar-refractivity contribution in [1.29, 1.82) is 0 Å². The van der Waals surface area contributed by atoms with Crippen LogP contribution in [0.15, 0.2) is 29.4 Å². The summed E-state index contributed by atoms with van der Waals surface area (Å²) in [5.41, 5.74) is 1.35. The molecule has 0 radical (unpaired) electrons. The Balaban J connectivity index is 2.04. The minimum absolute atomic E-state index is 0.106. The number of carbonyl (C=O) groups is 3. The minimum atomic E-state index is -0.399. The zero-order valence-corrected chi connectivity index (χ0v) is 9.34. The molecule has 6 heteroatoms. The third-order valence-corrected chi connectivity index (χ3v) is 2.87. The lowest BCUT2D eigenvalue weighted by Gasteiger charge is -2.06. The van der Waals surface area contributed by atoms with Crippen LogP contribution in [0.5, 0.6) is 0 Å². The Labute approximate surface area is 102 Å². The molecule has 2 aliphatic rings. The lowest BCUT2D eigenvalue weighted by Crippen LogP contribution is -2.27. The van der Waals surface area contributed by atoms with Crippen molar-refractivity contribution >= 4 is 29.1 Å². The predicted molar refractivity (Wildman–Crippen MR) is 62.7 cm³/mol. The monoisotopic (exact) mass is 243 g/mol. The van der Waals surface area contributed by atoms with Gasteiger partial charge in [-0.3, -0.25) is 14.4 Å². The maximum absolute atomic E-state index is 11.7. The van der Waals surface area contributed by atoms with Gasteiger partial charge in [0.25, 0.3) is 5.91 Å². The van der Waals surface area contributed by atoms with Gasteiger partial charge >= 0.3 is 0 Å². The molecular formula is C12H9N3O3. The first-order valence-corrected chi connectivity index (χ1v) is 5.52. The summed E-state index contributed by atoms with van der Waals surface area (Å²) >= 11 is 0. The molecule has 0 bridgehead atoms. The number of hydrogen-bond donors (Lipinski definition) is 1. The second-order valence-corrected chi connectivity index (χ2v) is 4.05. The van der Waals surface area contributed by atoms with Gasteiger partial charge in [-0.2, -0.15) is 10.1 Å². The van der Waals surface area contributed by atoms with Crippen LogP contribution in [0.25, 0.3) is 0 Å². The fraction of sp³-hybridized carbons (Fsp3) is 0.167. The number of carbonyl (C=O) groups excluding carboxylic acids is 3. The molecular weight excluding hydrogens is 234 g/mol. The number of hydrazone groups is 1. The molecule has 0 unspecified atom stereocenters. The van der Waals surface area contributed by atoms with Crippen molar-refractivity contribution in [3.8, 4) is 0 Å². The number of imide groups is 1. The molecule has 0 spiro atoms. The van der Waals surface area contributed by atoms with E-state index >= 15 is 0 Å². The van der Waals surface area contributed by atoms with Gasteiger partial charge in [0.2, 0.25) is 11.8 Å². The summed E-state index contributed by atoms with van der Waals surface area (Å²) in [6.45, 7) is 0.